The predicted molar refractivity (Wildman–Crippen MR) is 56.1 cm³/mol. The normalized spacial score (nSPS) is 10.6. The lowest BCUT2D eigenvalue weighted by Crippen LogP contribution is -1.99. The summed E-state index contributed by atoms with van der Waals surface area (Å²) < 4.78 is 0. The molecule has 1 rings (SSSR count). The van der Waals surface area contributed by atoms with E-state index in [0.29, 0.717) is 5.71 Å². The number of benzene rings is 1. The molecule has 0 unspecified atom stereocenters. The minimum absolute atomic E-state index is 0.462. The Kier molecular flexibility index (Phi) is 2.85. The minimum atomic E-state index is 0.462. The second kappa shape index (κ2) is 3.90. The van der Waals surface area contributed by atoms with Crippen molar-refractivity contribution in [2.24, 2.45) is 5.73 Å². The molecule has 0 heterocycles. The maximum Gasteiger partial charge on any atom is 0.0629 e. The van der Waals surface area contributed by atoms with E-state index in [2.05, 4.69) is 0 Å². The van der Waals surface area contributed by atoms with Crippen molar-refractivity contribution in [2.45, 2.75) is 13.8 Å². The van der Waals surface area contributed by atoms with Crippen LogP contribution in [0.4, 0.5) is 0 Å². The lowest BCUT2D eigenvalue weighted by Gasteiger charge is -2.04. The van der Waals surface area contributed by atoms with Crippen molar-refractivity contribution >= 4 is 5.71 Å². The average Bonchev–Trinajstić information content (AvgIpc) is 2.09. The Balaban J connectivity index is 3.13. The fourth-order valence-corrected chi connectivity index (χ4v) is 1.21. The number of aryl methyl sites for hydroxylation is 2. The van der Waals surface area contributed by atoms with Gasteiger partial charge in [0.1, 0.15) is 0 Å². The summed E-state index contributed by atoms with van der Waals surface area (Å²) in [5, 5.41) is 7.70. The van der Waals surface area contributed by atoms with Crippen molar-refractivity contribution in [2.75, 3.05) is 0 Å². The first kappa shape index (κ1) is 9.52. The molecule has 0 aliphatic heterocycles. The SMILES string of the molecule is Cc1ccc(C)c(C(=N)/C=C\N)c1. The molecule has 3 N–H and O–H groups in total. The van der Waals surface area contributed by atoms with E-state index in [0.717, 1.165) is 16.7 Å². The van der Waals surface area contributed by atoms with Gasteiger partial charge in [0.15, 0.2) is 0 Å². The highest BCUT2D eigenvalue weighted by atomic mass is 14.5. The van der Waals surface area contributed by atoms with E-state index in [9.17, 15) is 0 Å². The Morgan fingerprint density at radius 3 is 2.69 bits per heavy atom. The topological polar surface area (TPSA) is 49.9 Å². The zero-order valence-electron chi connectivity index (χ0n) is 7.96. The molecule has 0 atom stereocenters. The molecule has 0 saturated heterocycles. The first-order valence-electron chi connectivity index (χ1n) is 4.19. The molecule has 13 heavy (non-hydrogen) atoms. The van der Waals surface area contributed by atoms with Gasteiger partial charge in [-0.2, -0.15) is 0 Å². The number of nitrogens with one attached hydrogen (secondary N) is 1. The van der Waals surface area contributed by atoms with Gasteiger partial charge in [-0.25, -0.2) is 0 Å². The fourth-order valence-electron chi connectivity index (χ4n) is 1.21. The van der Waals surface area contributed by atoms with E-state index in [4.69, 9.17) is 11.1 Å². The van der Waals surface area contributed by atoms with E-state index in [1.807, 2.05) is 32.0 Å². The number of nitrogens with two attached hydrogens (primary N) is 1. The predicted octanol–water partition coefficient (Wildman–Crippen LogP) is 2.14. The van der Waals surface area contributed by atoms with E-state index in [1.54, 1.807) is 6.08 Å². The third kappa shape index (κ3) is 2.18. The van der Waals surface area contributed by atoms with Gasteiger partial charge in [-0.3, -0.25) is 0 Å². The van der Waals surface area contributed by atoms with E-state index >= 15 is 0 Å². The summed E-state index contributed by atoms with van der Waals surface area (Å²) in [5.74, 6) is 0. The lowest BCUT2D eigenvalue weighted by atomic mass is 10.0. The molecule has 0 aromatic heterocycles. The first-order valence-corrected chi connectivity index (χ1v) is 4.19. The van der Waals surface area contributed by atoms with Crippen molar-refractivity contribution in [3.8, 4) is 0 Å². The van der Waals surface area contributed by atoms with Crippen LogP contribution in [0.1, 0.15) is 16.7 Å². The summed E-state index contributed by atoms with van der Waals surface area (Å²) in [4.78, 5) is 0. The standard InChI is InChI=1S/C11H14N2/c1-8-3-4-9(2)10(7-8)11(13)5-6-12/h3-7,13H,12H2,1-2H3/b6-5-,13-11?. The molecule has 0 radical (unpaired) electrons. The maximum atomic E-state index is 7.70. The van der Waals surface area contributed by atoms with Crippen LogP contribution in [0.5, 0.6) is 0 Å². The molecule has 1 aromatic rings. The summed E-state index contributed by atoms with van der Waals surface area (Å²) in [6.07, 6.45) is 2.99. The molecule has 1 aromatic carbocycles. The minimum Gasteiger partial charge on any atom is -0.405 e. The molecule has 0 amide bonds. The molecular formula is C11H14N2. The molecular weight excluding hydrogens is 160 g/mol. The van der Waals surface area contributed by atoms with Crippen LogP contribution in [0, 0.1) is 19.3 Å². The third-order valence-electron chi connectivity index (χ3n) is 1.95. The van der Waals surface area contributed by atoms with Gasteiger partial charge in [0, 0.05) is 5.56 Å². The van der Waals surface area contributed by atoms with Crippen LogP contribution in [-0.2, 0) is 0 Å². The number of allylic oxidation sites excluding steroid dienone is 1. The highest BCUT2D eigenvalue weighted by Crippen LogP contribution is 2.11. The van der Waals surface area contributed by atoms with Gasteiger partial charge in [-0.05, 0) is 37.8 Å². The Bertz CT molecular complexity index is 351. The third-order valence-corrected chi connectivity index (χ3v) is 1.95. The van der Waals surface area contributed by atoms with Crippen molar-refractivity contribution < 1.29 is 0 Å². The van der Waals surface area contributed by atoms with Crippen LogP contribution < -0.4 is 5.73 Å². The van der Waals surface area contributed by atoms with Crippen LogP contribution >= 0.6 is 0 Å². The molecule has 0 bridgehead atoms. The maximum absolute atomic E-state index is 7.70. The second-order valence-corrected chi connectivity index (χ2v) is 3.09. The Labute approximate surface area is 78.6 Å². The van der Waals surface area contributed by atoms with E-state index in [1.165, 1.54) is 6.20 Å². The van der Waals surface area contributed by atoms with Crippen LogP contribution in [0.25, 0.3) is 0 Å². The molecule has 0 saturated carbocycles. The number of hydrogen-bond acceptors (Lipinski definition) is 2. The van der Waals surface area contributed by atoms with Gasteiger partial charge in [0.05, 0.1) is 5.71 Å². The summed E-state index contributed by atoms with van der Waals surface area (Å²) in [6, 6.07) is 6.06. The van der Waals surface area contributed by atoms with Crippen molar-refractivity contribution in [3.63, 3.8) is 0 Å². The number of hydrogen-bond donors (Lipinski definition) is 2. The highest BCUT2D eigenvalue weighted by Gasteiger charge is 2.01. The van der Waals surface area contributed by atoms with Crippen molar-refractivity contribution in [1.29, 1.82) is 5.41 Å². The van der Waals surface area contributed by atoms with Crippen molar-refractivity contribution in [1.82, 2.24) is 0 Å². The van der Waals surface area contributed by atoms with Crippen LogP contribution in [-0.4, -0.2) is 5.71 Å². The monoisotopic (exact) mass is 174 g/mol. The zero-order valence-corrected chi connectivity index (χ0v) is 7.96. The average molecular weight is 174 g/mol. The van der Waals surface area contributed by atoms with Crippen LogP contribution in [0.2, 0.25) is 0 Å². The summed E-state index contributed by atoms with van der Waals surface area (Å²) >= 11 is 0. The lowest BCUT2D eigenvalue weighted by molar-refractivity contribution is 1.35. The van der Waals surface area contributed by atoms with Gasteiger partial charge in [-0.1, -0.05) is 17.7 Å². The largest absolute Gasteiger partial charge is 0.405 e. The van der Waals surface area contributed by atoms with Gasteiger partial charge in [-0.15, -0.1) is 0 Å². The number of rotatable bonds is 2. The van der Waals surface area contributed by atoms with Gasteiger partial charge in [0.2, 0.25) is 0 Å². The Morgan fingerprint density at radius 1 is 1.38 bits per heavy atom. The molecule has 0 spiro atoms. The summed E-state index contributed by atoms with van der Waals surface area (Å²) in [5.41, 5.74) is 8.91. The summed E-state index contributed by atoms with van der Waals surface area (Å²) in [6.45, 7) is 4.01. The highest BCUT2D eigenvalue weighted by molar-refractivity contribution is 6.07. The summed E-state index contributed by atoms with van der Waals surface area (Å²) in [7, 11) is 0. The van der Waals surface area contributed by atoms with Gasteiger partial charge in [0.25, 0.3) is 0 Å². The van der Waals surface area contributed by atoms with E-state index in [-0.39, 0.29) is 0 Å². The molecule has 68 valence electrons. The Hall–Kier alpha value is -1.57. The molecule has 0 aliphatic carbocycles. The van der Waals surface area contributed by atoms with Crippen LogP contribution in [0.15, 0.2) is 30.5 Å². The first-order chi connectivity index (χ1) is 6.15. The van der Waals surface area contributed by atoms with Gasteiger partial charge >= 0.3 is 0 Å². The Morgan fingerprint density at radius 2 is 2.08 bits per heavy atom. The van der Waals surface area contributed by atoms with E-state index < -0.39 is 0 Å². The zero-order chi connectivity index (χ0) is 9.84. The second-order valence-electron chi connectivity index (χ2n) is 3.09. The van der Waals surface area contributed by atoms with Crippen molar-refractivity contribution in [3.05, 3.63) is 47.2 Å². The molecule has 0 aliphatic rings. The fraction of sp³-hybridized carbons (Fsp3) is 0.182. The quantitative estimate of drug-likeness (QED) is 0.663. The molecule has 2 heteroatoms. The molecule has 2 nitrogen and oxygen atoms in total. The smallest absolute Gasteiger partial charge is 0.0629 e. The van der Waals surface area contributed by atoms with Gasteiger partial charge < -0.3 is 11.1 Å². The van der Waals surface area contributed by atoms with Crippen LogP contribution in [0.3, 0.4) is 0 Å². The molecule has 0 fully saturated rings.